The van der Waals surface area contributed by atoms with Crippen molar-refractivity contribution in [2.75, 3.05) is 11.4 Å². The van der Waals surface area contributed by atoms with Crippen LogP contribution in [0.4, 0.5) is 5.69 Å². The normalized spacial score (nSPS) is 10.5. The first kappa shape index (κ1) is 14.1. The molecule has 2 aromatic rings. The van der Waals surface area contributed by atoms with E-state index in [9.17, 15) is 4.79 Å². The zero-order valence-corrected chi connectivity index (χ0v) is 11.8. The molecular formula is C15H19N3O2. The number of rotatable bonds is 6. The van der Waals surface area contributed by atoms with Crippen molar-refractivity contribution in [3.8, 4) is 0 Å². The summed E-state index contributed by atoms with van der Waals surface area (Å²) in [4.78, 5) is 12.9. The van der Waals surface area contributed by atoms with Crippen LogP contribution in [0.3, 0.4) is 0 Å². The topological polar surface area (TPSA) is 58.4 Å². The molecule has 20 heavy (non-hydrogen) atoms. The third kappa shape index (κ3) is 3.60. The van der Waals surface area contributed by atoms with Gasteiger partial charge in [-0.15, -0.1) is 0 Å². The van der Waals surface area contributed by atoms with E-state index in [1.807, 2.05) is 55.1 Å². The van der Waals surface area contributed by atoms with Gasteiger partial charge in [0.25, 0.3) is 0 Å². The Balaban J connectivity index is 2.18. The Kier molecular flexibility index (Phi) is 4.40. The SMILES string of the molecule is Cc1cc(CN(CCC(=O)O)c2ccccc2)n(C)n1. The molecule has 2 rings (SSSR count). The Morgan fingerprint density at radius 2 is 2.05 bits per heavy atom. The molecule has 0 unspecified atom stereocenters. The lowest BCUT2D eigenvalue weighted by molar-refractivity contribution is -0.136. The Morgan fingerprint density at radius 3 is 2.60 bits per heavy atom. The van der Waals surface area contributed by atoms with Gasteiger partial charge in [-0.2, -0.15) is 5.10 Å². The van der Waals surface area contributed by atoms with Crippen LogP contribution in [0.1, 0.15) is 17.8 Å². The van der Waals surface area contributed by atoms with E-state index < -0.39 is 5.97 Å². The van der Waals surface area contributed by atoms with Crippen molar-refractivity contribution in [1.82, 2.24) is 9.78 Å². The van der Waals surface area contributed by atoms with Crippen LogP contribution < -0.4 is 4.90 Å². The molecule has 0 aliphatic rings. The van der Waals surface area contributed by atoms with Gasteiger partial charge in [-0.05, 0) is 25.1 Å². The average molecular weight is 273 g/mol. The van der Waals surface area contributed by atoms with Gasteiger partial charge in [0.2, 0.25) is 0 Å². The van der Waals surface area contributed by atoms with Gasteiger partial charge in [-0.1, -0.05) is 18.2 Å². The van der Waals surface area contributed by atoms with Crippen molar-refractivity contribution >= 4 is 11.7 Å². The molecule has 106 valence electrons. The van der Waals surface area contributed by atoms with Crippen LogP contribution in [0.15, 0.2) is 36.4 Å². The quantitative estimate of drug-likeness (QED) is 0.876. The van der Waals surface area contributed by atoms with E-state index in [2.05, 4.69) is 10.00 Å². The summed E-state index contributed by atoms with van der Waals surface area (Å²) in [5.41, 5.74) is 3.05. The number of anilines is 1. The van der Waals surface area contributed by atoms with Crippen LogP contribution in [-0.4, -0.2) is 27.4 Å². The van der Waals surface area contributed by atoms with Crippen molar-refractivity contribution in [3.63, 3.8) is 0 Å². The lowest BCUT2D eigenvalue weighted by Crippen LogP contribution is -2.26. The fourth-order valence-electron chi connectivity index (χ4n) is 2.18. The lowest BCUT2D eigenvalue weighted by atomic mass is 10.2. The molecule has 0 saturated heterocycles. The molecule has 0 aliphatic heterocycles. The molecule has 0 aliphatic carbocycles. The second-order valence-electron chi connectivity index (χ2n) is 4.80. The molecule has 0 fully saturated rings. The summed E-state index contributed by atoms with van der Waals surface area (Å²) in [6.07, 6.45) is 0.117. The molecule has 1 aromatic heterocycles. The van der Waals surface area contributed by atoms with Crippen LogP contribution in [0.2, 0.25) is 0 Å². The number of hydrogen-bond donors (Lipinski definition) is 1. The van der Waals surface area contributed by atoms with Crippen molar-refractivity contribution < 1.29 is 9.90 Å². The number of carbonyl (C=O) groups is 1. The number of nitrogens with zero attached hydrogens (tertiary/aromatic N) is 3. The second kappa shape index (κ2) is 6.23. The third-order valence-corrected chi connectivity index (χ3v) is 3.17. The van der Waals surface area contributed by atoms with Gasteiger partial charge in [0.15, 0.2) is 0 Å². The van der Waals surface area contributed by atoms with E-state index in [0.717, 1.165) is 17.1 Å². The van der Waals surface area contributed by atoms with Crippen molar-refractivity contribution in [3.05, 3.63) is 47.8 Å². The fraction of sp³-hybridized carbons (Fsp3) is 0.333. The zero-order chi connectivity index (χ0) is 14.5. The minimum absolute atomic E-state index is 0.117. The highest BCUT2D eigenvalue weighted by atomic mass is 16.4. The average Bonchev–Trinajstić information content (AvgIpc) is 2.73. The first-order chi connectivity index (χ1) is 9.56. The van der Waals surface area contributed by atoms with Crippen LogP contribution in [0, 0.1) is 6.92 Å². The van der Waals surface area contributed by atoms with Gasteiger partial charge in [-0.3, -0.25) is 9.48 Å². The molecule has 0 atom stereocenters. The Labute approximate surface area is 118 Å². The predicted octanol–water partition coefficient (Wildman–Crippen LogP) is 2.21. The summed E-state index contributed by atoms with van der Waals surface area (Å²) in [5.74, 6) is -0.785. The van der Waals surface area contributed by atoms with Crippen molar-refractivity contribution in [1.29, 1.82) is 0 Å². The monoisotopic (exact) mass is 273 g/mol. The van der Waals surface area contributed by atoms with E-state index >= 15 is 0 Å². The molecule has 1 heterocycles. The minimum Gasteiger partial charge on any atom is -0.481 e. The largest absolute Gasteiger partial charge is 0.481 e. The molecular weight excluding hydrogens is 254 g/mol. The Hall–Kier alpha value is -2.30. The zero-order valence-electron chi connectivity index (χ0n) is 11.8. The van der Waals surface area contributed by atoms with Gasteiger partial charge in [0.05, 0.1) is 24.4 Å². The number of carboxylic acid groups (broad SMARTS) is 1. The van der Waals surface area contributed by atoms with Gasteiger partial charge in [0.1, 0.15) is 0 Å². The summed E-state index contributed by atoms with van der Waals surface area (Å²) in [7, 11) is 1.91. The maximum Gasteiger partial charge on any atom is 0.305 e. The van der Waals surface area contributed by atoms with Gasteiger partial charge in [-0.25, -0.2) is 0 Å². The Bertz CT molecular complexity index is 578. The Morgan fingerprint density at radius 1 is 1.35 bits per heavy atom. The lowest BCUT2D eigenvalue weighted by Gasteiger charge is -2.24. The molecule has 5 heteroatoms. The number of aliphatic carboxylic acids is 1. The molecule has 0 spiro atoms. The van der Waals surface area contributed by atoms with Gasteiger partial charge >= 0.3 is 5.97 Å². The summed E-state index contributed by atoms with van der Waals surface area (Å²) >= 11 is 0. The molecule has 0 bridgehead atoms. The summed E-state index contributed by atoms with van der Waals surface area (Å²) < 4.78 is 1.84. The van der Waals surface area contributed by atoms with Crippen LogP contribution in [0.5, 0.6) is 0 Å². The second-order valence-corrected chi connectivity index (χ2v) is 4.80. The number of aryl methyl sites for hydroxylation is 2. The maximum absolute atomic E-state index is 10.8. The van der Waals surface area contributed by atoms with E-state index in [0.29, 0.717) is 13.1 Å². The fourth-order valence-corrected chi connectivity index (χ4v) is 2.18. The molecule has 1 N–H and O–H groups in total. The number of aromatic nitrogens is 2. The number of hydrogen-bond acceptors (Lipinski definition) is 3. The summed E-state index contributed by atoms with van der Waals surface area (Å²) in [6, 6.07) is 11.9. The van der Waals surface area contributed by atoms with Gasteiger partial charge < -0.3 is 10.0 Å². The molecule has 0 radical (unpaired) electrons. The van der Waals surface area contributed by atoms with Crippen molar-refractivity contribution in [2.24, 2.45) is 7.05 Å². The van der Waals surface area contributed by atoms with E-state index in [1.165, 1.54) is 0 Å². The first-order valence-corrected chi connectivity index (χ1v) is 6.57. The van der Waals surface area contributed by atoms with Crippen LogP contribution in [-0.2, 0) is 18.4 Å². The third-order valence-electron chi connectivity index (χ3n) is 3.17. The molecule has 1 aromatic carbocycles. The van der Waals surface area contributed by atoms with Crippen LogP contribution >= 0.6 is 0 Å². The predicted molar refractivity (Wildman–Crippen MR) is 77.7 cm³/mol. The molecule has 0 amide bonds. The smallest absolute Gasteiger partial charge is 0.305 e. The highest BCUT2D eigenvalue weighted by molar-refractivity contribution is 5.67. The number of benzene rings is 1. The summed E-state index contributed by atoms with van der Waals surface area (Å²) in [6.45, 7) is 3.08. The standard InChI is InChI=1S/C15H19N3O2/c1-12-10-14(17(2)16-12)11-18(9-8-15(19)20)13-6-4-3-5-7-13/h3-7,10H,8-9,11H2,1-2H3,(H,19,20). The summed E-state index contributed by atoms with van der Waals surface area (Å²) in [5, 5.41) is 13.2. The van der Waals surface area contributed by atoms with E-state index in [4.69, 9.17) is 5.11 Å². The van der Waals surface area contributed by atoms with E-state index in [-0.39, 0.29) is 6.42 Å². The molecule has 0 saturated carbocycles. The van der Waals surface area contributed by atoms with Crippen LogP contribution in [0.25, 0.3) is 0 Å². The maximum atomic E-state index is 10.8. The van der Waals surface area contributed by atoms with E-state index in [1.54, 1.807) is 0 Å². The highest BCUT2D eigenvalue weighted by Gasteiger charge is 2.12. The first-order valence-electron chi connectivity index (χ1n) is 6.57. The minimum atomic E-state index is -0.785. The number of carboxylic acids is 1. The van der Waals surface area contributed by atoms with Crippen molar-refractivity contribution in [2.45, 2.75) is 19.9 Å². The molecule has 5 nitrogen and oxygen atoms in total. The highest BCUT2D eigenvalue weighted by Crippen LogP contribution is 2.17. The van der Waals surface area contributed by atoms with Gasteiger partial charge in [0, 0.05) is 19.3 Å². The number of para-hydroxylation sites is 1.